The van der Waals surface area contributed by atoms with Crippen LogP contribution in [0.15, 0.2) is 40.3 Å². The van der Waals surface area contributed by atoms with E-state index in [4.69, 9.17) is 0 Å². The summed E-state index contributed by atoms with van der Waals surface area (Å²) in [5, 5.41) is 11.8. The summed E-state index contributed by atoms with van der Waals surface area (Å²) in [6.45, 7) is 0.504. The van der Waals surface area contributed by atoms with E-state index in [0.717, 1.165) is 42.5 Å². The van der Waals surface area contributed by atoms with Crippen molar-refractivity contribution in [3.63, 3.8) is 0 Å². The summed E-state index contributed by atoms with van der Waals surface area (Å²) >= 11 is 1.33. The number of H-pyrrole nitrogens is 1. The molecule has 0 atom stereocenters. The Bertz CT molecular complexity index is 996. The van der Waals surface area contributed by atoms with Gasteiger partial charge in [-0.3, -0.25) is 19.0 Å². The molecule has 3 aromatic rings. The van der Waals surface area contributed by atoms with Gasteiger partial charge in [-0.15, -0.1) is 10.2 Å². The number of benzene rings is 1. The molecule has 2 heterocycles. The van der Waals surface area contributed by atoms with E-state index < -0.39 is 0 Å². The molecule has 0 spiro atoms. The Morgan fingerprint density at radius 2 is 2.00 bits per heavy atom. The number of aromatic nitrogens is 4. The van der Waals surface area contributed by atoms with Crippen LogP contribution in [0.25, 0.3) is 5.78 Å². The van der Waals surface area contributed by atoms with Crippen LogP contribution in [-0.4, -0.2) is 31.2 Å². The first-order chi connectivity index (χ1) is 12.7. The van der Waals surface area contributed by atoms with Gasteiger partial charge in [-0.1, -0.05) is 42.1 Å². The van der Waals surface area contributed by atoms with Gasteiger partial charge in [-0.05, 0) is 31.2 Å². The fraction of sp³-hybridized carbons (Fsp3) is 0.333. The lowest BCUT2D eigenvalue weighted by molar-refractivity contribution is -0.118. The van der Waals surface area contributed by atoms with Crippen LogP contribution < -0.4 is 10.9 Å². The number of rotatable bonds is 5. The molecule has 2 aromatic heterocycles. The predicted molar refractivity (Wildman–Crippen MR) is 99.3 cm³/mol. The summed E-state index contributed by atoms with van der Waals surface area (Å²) in [5.41, 5.74) is 2.79. The van der Waals surface area contributed by atoms with Crippen molar-refractivity contribution in [2.45, 2.75) is 37.4 Å². The molecule has 0 bridgehead atoms. The Hall–Kier alpha value is -2.61. The quantitative estimate of drug-likeness (QED) is 0.668. The first kappa shape index (κ1) is 16.8. The third-order valence-corrected chi connectivity index (χ3v) is 5.44. The third kappa shape index (κ3) is 3.37. The van der Waals surface area contributed by atoms with Gasteiger partial charge in [0.15, 0.2) is 5.16 Å². The van der Waals surface area contributed by atoms with Crippen molar-refractivity contribution in [3.05, 3.63) is 57.5 Å². The Kier molecular flexibility index (Phi) is 4.75. The molecule has 1 aromatic carbocycles. The Balaban J connectivity index is 1.47. The molecule has 7 nitrogen and oxygen atoms in total. The van der Waals surface area contributed by atoms with Gasteiger partial charge in [0.05, 0.1) is 5.75 Å². The Labute approximate surface area is 154 Å². The smallest absolute Gasteiger partial charge is 0.255 e. The SMILES string of the molecule is O=C(CSc1nnc2[nH]c(=O)c3c(n12)CCCC3)NCc1ccccc1. The number of nitrogens with zero attached hydrogens (tertiary/aromatic N) is 3. The van der Waals surface area contributed by atoms with Gasteiger partial charge < -0.3 is 5.32 Å². The Morgan fingerprint density at radius 3 is 2.85 bits per heavy atom. The van der Waals surface area contributed by atoms with Crippen molar-refractivity contribution >= 4 is 23.4 Å². The number of aryl methyl sites for hydroxylation is 1. The second-order valence-electron chi connectivity index (χ2n) is 6.28. The number of hydrogen-bond donors (Lipinski definition) is 2. The molecule has 0 saturated carbocycles. The number of carbonyl (C=O) groups excluding carboxylic acids is 1. The lowest BCUT2D eigenvalue weighted by Gasteiger charge is -2.16. The number of carbonyl (C=O) groups is 1. The molecule has 0 saturated heterocycles. The Morgan fingerprint density at radius 1 is 1.19 bits per heavy atom. The molecule has 0 fully saturated rings. The van der Waals surface area contributed by atoms with Crippen LogP contribution >= 0.6 is 11.8 Å². The maximum absolute atomic E-state index is 12.2. The fourth-order valence-electron chi connectivity index (χ4n) is 3.22. The molecule has 1 amide bonds. The molecule has 0 aliphatic heterocycles. The summed E-state index contributed by atoms with van der Waals surface area (Å²) in [5.74, 6) is 0.637. The zero-order chi connectivity index (χ0) is 17.9. The monoisotopic (exact) mass is 369 g/mol. The summed E-state index contributed by atoms with van der Waals surface area (Å²) in [6, 6.07) is 9.79. The van der Waals surface area contributed by atoms with Crippen molar-refractivity contribution in [1.29, 1.82) is 0 Å². The predicted octanol–water partition coefficient (Wildman–Crippen LogP) is 1.70. The topological polar surface area (TPSA) is 92.2 Å². The summed E-state index contributed by atoms with van der Waals surface area (Å²) in [6.07, 6.45) is 3.68. The highest BCUT2D eigenvalue weighted by atomic mass is 32.2. The highest BCUT2D eigenvalue weighted by molar-refractivity contribution is 7.99. The van der Waals surface area contributed by atoms with Crippen LogP contribution in [0.1, 0.15) is 29.7 Å². The highest BCUT2D eigenvalue weighted by Crippen LogP contribution is 2.23. The molecule has 134 valence electrons. The largest absolute Gasteiger partial charge is 0.351 e. The minimum Gasteiger partial charge on any atom is -0.351 e. The number of thioether (sulfide) groups is 1. The van der Waals surface area contributed by atoms with Crippen molar-refractivity contribution in [2.75, 3.05) is 5.75 Å². The average molecular weight is 369 g/mol. The van der Waals surface area contributed by atoms with Gasteiger partial charge in [0.1, 0.15) is 0 Å². The van der Waals surface area contributed by atoms with Crippen LogP contribution in [-0.2, 0) is 24.2 Å². The van der Waals surface area contributed by atoms with Gasteiger partial charge in [0.2, 0.25) is 11.7 Å². The highest BCUT2D eigenvalue weighted by Gasteiger charge is 2.20. The second kappa shape index (κ2) is 7.33. The second-order valence-corrected chi connectivity index (χ2v) is 7.22. The zero-order valence-electron chi connectivity index (χ0n) is 14.2. The molecule has 8 heteroatoms. The van der Waals surface area contributed by atoms with E-state index in [1.54, 1.807) is 0 Å². The van der Waals surface area contributed by atoms with Crippen LogP contribution in [0, 0.1) is 0 Å². The lowest BCUT2D eigenvalue weighted by Crippen LogP contribution is -2.25. The van der Waals surface area contributed by atoms with Crippen molar-refractivity contribution < 1.29 is 4.79 Å². The van der Waals surface area contributed by atoms with Gasteiger partial charge in [0, 0.05) is 17.8 Å². The summed E-state index contributed by atoms with van der Waals surface area (Å²) in [4.78, 5) is 27.1. The van der Waals surface area contributed by atoms with E-state index in [0.29, 0.717) is 17.5 Å². The first-order valence-electron chi connectivity index (χ1n) is 8.65. The van der Waals surface area contributed by atoms with Crippen LogP contribution in [0.5, 0.6) is 0 Å². The number of nitrogens with one attached hydrogen (secondary N) is 2. The molecule has 2 N–H and O–H groups in total. The van der Waals surface area contributed by atoms with Crippen LogP contribution in [0.4, 0.5) is 0 Å². The van der Waals surface area contributed by atoms with Gasteiger partial charge in [-0.25, -0.2) is 0 Å². The van der Waals surface area contributed by atoms with Crippen LogP contribution in [0.3, 0.4) is 0 Å². The molecule has 1 aliphatic rings. The van der Waals surface area contributed by atoms with E-state index in [1.165, 1.54) is 11.8 Å². The maximum atomic E-state index is 12.2. The molecule has 1 aliphatic carbocycles. The number of aromatic amines is 1. The molecule has 0 unspecified atom stereocenters. The summed E-state index contributed by atoms with van der Waals surface area (Å²) in [7, 11) is 0. The standard InChI is InChI=1S/C18H19N5O2S/c24-15(19-10-12-6-2-1-3-7-12)11-26-18-22-21-17-20-16(25)13-8-4-5-9-14(13)23(17)18/h1-3,6-7H,4-5,8-11H2,(H,19,24)(H,20,21,25). The number of hydrogen-bond acceptors (Lipinski definition) is 5. The average Bonchev–Trinajstić information content (AvgIpc) is 3.08. The molecule has 0 radical (unpaired) electrons. The normalized spacial score (nSPS) is 13.5. The minimum atomic E-state index is -0.0724. The van der Waals surface area contributed by atoms with Crippen molar-refractivity contribution in [2.24, 2.45) is 0 Å². The maximum Gasteiger partial charge on any atom is 0.255 e. The minimum absolute atomic E-state index is 0.0612. The van der Waals surface area contributed by atoms with E-state index in [2.05, 4.69) is 20.5 Å². The third-order valence-electron chi connectivity index (χ3n) is 4.51. The fourth-order valence-corrected chi connectivity index (χ4v) is 4.01. The van der Waals surface area contributed by atoms with E-state index in [-0.39, 0.29) is 17.2 Å². The lowest BCUT2D eigenvalue weighted by atomic mass is 9.97. The molecule has 26 heavy (non-hydrogen) atoms. The van der Waals surface area contributed by atoms with Crippen molar-refractivity contribution in [3.8, 4) is 0 Å². The summed E-state index contributed by atoms with van der Waals surface area (Å²) < 4.78 is 1.89. The number of fused-ring (bicyclic) bond motifs is 3. The molecular weight excluding hydrogens is 350 g/mol. The first-order valence-corrected chi connectivity index (χ1v) is 9.63. The van der Waals surface area contributed by atoms with Crippen LogP contribution in [0.2, 0.25) is 0 Å². The van der Waals surface area contributed by atoms with Gasteiger partial charge >= 0.3 is 0 Å². The van der Waals surface area contributed by atoms with Gasteiger partial charge in [-0.2, -0.15) is 0 Å². The van der Waals surface area contributed by atoms with Gasteiger partial charge in [0.25, 0.3) is 5.56 Å². The zero-order valence-corrected chi connectivity index (χ0v) is 15.0. The molecule has 4 rings (SSSR count). The van der Waals surface area contributed by atoms with E-state index in [1.807, 2.05) is 34.7 Å². The van der Waals surface area contributed by atoms with E-state index in [9.17, 15) is 9.59 Å². The van der Waals surface area contributed by atoms with Crippen molar-refractivity contribution in [1.82, 2.24) is 24.9 Å². The number of amides is 1. The molecular formula is C18H19N5O2S. The van der Waals surface area contributed by atoms with E-state index >= 15 is 0 Å².